The number of nitrogens with two attached hydrogens (primary N) is 1. The Morgan fingerprint density at radius 2 is 2.10 bits per heavy atom. The molecule has 1 fully saturated rings. The van der Waals surface area contributed by atoms with Crippen molar-refractivity contribution in [3.8, 4) is 0 Å². The molecule has 4 heteroatoms. The van der Waals surface area contributed by atoms with Crippen molar-refractivity contribution < 1.29 is 5.11 Å². The van der Waals surface area contributed by atoms with Gasteiger partial charge in [0.1, 0.15) is 0 Å². The molecule has 0 amide bonds. The van der Waals surface area contributed by atoms with E-state index >= 15 is 0 Å². The fourth-order valence-electron chi connectivity index (χ4n) is 3.10. The van der Waals surface area contributed by atoms with Crippen molar-refractivity contribution in [3.05, 3.63) is 36.0 Å². The lowest BCUT2D eigenvalue weighted by Crippen LogP contribution is -2.37. The lowest BCUT2D eigenvalue weighted by Gasteiger charge is -2.36. The van der Waals surface area contributed by atoms with Gasteiger partial charge in [-0.2, -0.15) is 0 Å². The molecule has 1 saturated carbocycles. The summed E-state index contributed by atoms with van der Waals surface area (Å²) in [6, 6.07) is 8.17. The first-order valence-corrected chi connectivity index (χ1v) is 7.15. The molecule has 0 atom stereocenters. The highest BCUT2D eigenvalue weighted by Crippen LogP contribution is 2.33. The van der Waals surface area contributed by atoms with E-state index in [1.54, 1.807) is 0 Å². The van der Waals surface area contributed by atoms with Crippen molar-refractivity contribution in [2.45, 2.75) is 25.5 Å². The van der Waals surface area contributed by atoms with Gasteiger partial charge in [0.25, 0.3) is 0 Å². The van der Waals surface area contributed by atoms with Crippen LogP contribution in [-0.4, -0.2) is 29.8 Å². The predicted molar refractivity (Wildman–Crippen MR) is 81.6 cm³/mol. The molecule has 3 rings (SSSR count). The van der Waals surface area contributed by atoms with Crippen LogP contribution >= 0.6 is 0 Å². The summed E-state index contributed by atoms with van der Waals surface area (Å²) in [4.78, 5) is 6.74. The van der Waals surface area contributed by atoms with Gasteiger partial charge in [0, 0.05) is 37.3 Å². The van der Waals surface area contributed by atoms with Crippen molar-refractivity contribution in [2.75, 3.05) is 18.5 Å². The molecule has 4 nitrogen and oxygen atoms in total. The Bertz CT molecular complexity index is 608. The van der Waals surface area contributed by atoms with Crippen molar-refractivity contribution in [1.82, 2.24) is 4.98 Å². The third-order valence-electron chi connectivity index (χ3n) is 4.17. The van der Waals surface area contributed by atoms with Gasteiger partial charge in [0.2, 0.25) is 0 Å². The maximum atomic E-state index is 9.43. The van der Waals surface area contributed by atoms with Crippen LogP contribution in [0.2, 0.25) is 0 Å². The molecule has 0 bridgehead atoms. The molecule has 0 unspecified atom stereocenters. The van der Waals surface area contributed by atoms with Crippen molar-refractivity contribution >= 4 is 16.6 Å². The van der Waals surface area contributed by atoms with E-state index in [-0.39, 0.29) is 6.10 Å². The maximum Gasteiger partial charge on any atom is 0.0723 e. The van der Waals surface area contributed by atoms with Crippen LogP contribution in [0.4, 0.5) is 5.69 Å². The van der Waals surface area contributed by atoms with Gasteiger partial charge in [-0.1, -0.05) is 18.2 Å². The van der Waals surface area contributed by atoms with E-state index < -0.39 is 0 Å². The summed E-state index contributed by atoms with van der Waals surface area (Å²) in [5.41, 5.74) is 9.13. The first-order chi connectivity index (χ1) is 9.69. The second-order valence-electron chi connectivity index (χ2n) is 5.73. The Balaban J connectivity index is 1.95. The molecule has 1 aromatic carbocycles. The quantitative estimate of drug-likeness (QED) is 0.891. The molecule has 0 saturated heterocycles. The SMILES string of the molecule is CN(CC1CC(O)C1)c1c(CN)cnc2ccccc12. The number of benzene rings is 1. The van der Waals surface area contributed by atoms with Crippen LogP contribution in [0, 0.1) is 5.92 Å². The average molecular weight is 271 g/mol. The number of nitrogens with zero attached hydrogens (tertiary/aromatic N) is 2. The molecule has 1 aromatic heterocycles. The third-order valence-corrected chi connectivity index (χ3v) is 4.17. The zero-order valence-corrected chi connectivity index (χ0v) is 11.8. The Kier molecular flexibility index (Phi) is 3.59. The Morgan fingerprint density at radius 3 is 2.80 bits per heavy atom. The molecule has 3 N–H and O–H groups in total. The zero-order valence-electron chi connectivity index (χ0n) is 11.8. The number of aromatic nitrogens is 1. The van der Waals surface area contributed by atoms with E-state index in [9.17, 15) is 5.11 Å². The number of hydrogen-bond acceptors (Lipinski definition) is 4. The lowest BCUT2D eigenvalue weighted by atomic mass is 9.82. The lowest BCUT2D eigenvalue weighted by molar-refractivity contribution is 0.0465. The largest absolute Gasteiger partial charge is 0.393 e. The van der Waals surface area contributed by atoms with E-state index in [1.807, 2.05) is 24.4 Å². The summed E-state index contributed by atoms with van der Waals surface area (Å²) in [5.74, 6) is 0.576. The molecule has 0 radical (unpaired) electrons. The highest BCUT2D eigenvalue weighted by Gasteiger charge is 2.28. The minimum atomic E-state index is -0.100. The molecule has 1 aliphatic carbocycles. The smallest absolute Gasteiger partial charge is 0.0723 e. The van der Waals surface area contributed by atoms with Gasteiger partial charge in [0.05, 0.1) is 17.3 Å². The molecule has 106 valence electrons. The monoisotopic (exact) mass is 271 g/mol. The van der Waals surface area contributed by atoms with Crippen LogP contribution in [0.15, 0.2) is 30.5 Å². The number of aliphatic hydroxyl groups excluding tert-OH is 1. The van der Waals surface area contributed by atoms with Gasteiger partial charge in [-0.25, -0.2) is 0 Å². The van der Waals surface area contributed by atoms with E-state index in [4.69, 9.17) is 5.73 Å². The highest BCUT2D eigenvalue weighted by molar-refractivity contribution is 5.93. The molecule has 0 aliphatic heterocycles. The fourth-order valence-corrected chi connectivity index (χ4v) is 3.10. The summed E-state index contributed by atoms with van der Waals surface area (Å²) in [7, 11) is 2.10. The molecule has 20 heavy (non-hydrogen) atoms. The topological polar surface area (TPSA) is 62.4 Å². The van der Waals surface area contributed by atoms with Crippen LogP contribution in [0.25, 0.3) is 10.9 Å². The molecule has 2 aromatic rings. The van der Waals surface area contributed by atoms with E-state index in [1.165, 1.54) is 5.69 Å². The van der Waals surface area contributed by atoms with E-state index in [2.05, 4.69) is 23.0 Å². The standard InChI is InChI=1S/C16H21N3O/c1-19(10-11-6-13(20)7-11)16-12(8-17)9-18-15-5-3-2-4-14(15)16/h2-5,9,11,13,20H,6-8,10,17H2,1H3. The van der Waals surface area contributed by atoms with Crippen molar-refractivity contribution in [3.63, 3.8) is 0 Å². The number of para-hydroxylation sites is 1. The minimum Gasteiger partial charge on any atom is -0.393 e. The van der Waals surface area contributed by atoms with Gasteiger partial charge in [0.15, 0.2) is 0 Å². The van der Waals surface area contributed by atoms with Gasteiger partial charge in [-0.3, -0.25) is 4.98 Å². The van der Waals surface area contributed by atoms with Gasteiger partial charge in [-0.15, -0.1) is 0 Å². The summed E-state index contributed by atoms with van der Waals surface area (Å²) < 4.78 is 0. The van der Waals surface area contributed by atoms with Gasteiger partial charge < -0.3 is 15.7 Å². The second kappa shape index (κ2) is 5.38. The van der Waals surface area contributed by atoms with Crippen LogP contribution in [0.3, 0.4) is 0 Å². The van der Waals surface area contributed by atoms with Crippen LogP contribution in [0.5, 0.6) is 0 Å². The number of anilines is 1. The van der Waals surface area contributed by atoms with Gasteiger partial charge >= 0.3 is 0 Å². The normalized spacial score (nSPS) is 21.8. The van der Waals surface area contributed by atoms with E-state index in [0.29, 0.717) is 12.5 Å². The first-order valence-electron chi connectivity index (χ1n) is 7.15. The van der Waals surface area contributed by atoms with E-state index in [0.717, 1.165) is 35.9 Å². The minimum absolute atomic E-state index is 0.100. The van der Waals surface area contributed by atoms with Crippen LogP contribution < -0.4 is 10.6 Å². The predicted octanol–water partition coefficient (Wildman–Crippen LogP) is 1.90. The van der Waals surface area contributed by atoms with Crippen molar-refractivity contribution in [1.29, 1.82) is 0 Å². The molecular formula is C16H21N3O. The Morgan fingerprint density at radius 1 is 1.35 bits per heavy atom. The Labute approximate surface area is 119 Å². The fraction of sp³-hybridized carbons (Fsp3) is 0.438. The van der Waals surface area contributed by atoms with Crippen molar-refractivity contribution in [2.24, 2.45) is 11.7 Å². The summed E-state index contributed by atoms with van der Waals surface area (Å²) in [6.45, 7) is 1.45. The molecule has 1 heterocycles. The van der Waals surface area contributed by atoms with Gasteiger partial charge in [-0.05, 0) is 24.8 Å². The highest BCUT2D eigenvalue weighted by atomic mass is 16.3. The first kappa shape index (κ1) is 13.3. The maximum absolute atomic E-state index is 9.43. The second-order valence-corrected chi connectivity index (χ2v) is 5.73. The zero-order chi connectivity index (χ0) is 14.1. The average Bonchev–Trinajstić information content (AvgIpc) is 2.44. The van der Waals surface area contributed by atoms with Crippen LogP contribution in [0.1, 0.15) is 18.4 Å². The third kappa shape index (κ3) is 2.37. The number of hydrogen-bond donors (Lipinski definition) is 2. The molecule has 0 spiro atoms. The number of pyridine rings is 1. The van der Waals surface area contributed by atoms with Crippen LogP contribution in [-0.2, 0) is 6.54 Å². The summed E-state index contributed by atoms with van der Waals surface area (Å²) >= 11 is 0. The number of rotatable bonds is 4. The summed E-state index contributed by atoms with van der Waals surface area (Å²) in [5, 5.41) is 10.6. The Hall–Kier alpha value is -1.65. The number of aliphatic hydroxyl groups is 1. The molecule has 1 aliphatic rings. The summed E-state index contributed by atoms with van der Waals surface area (Å²) in [6.07, 6.45) is 3.59. The molecular weight excluding hydrogens is 250 g/mol. The number of fused-ring (bicyclic) bond motifs is 1.